The predicted molar refractivity (Wildman–Crippen MR) is 32.3 cm³/mol. The molecule has 0 atom stereocenters. The summed E-state index contributed by atoms with van der Waals surface area (Å²) in [4.78, 5) is 16.2. The Bertz CT molecular complexity index is 84.6. The topological polar surface area (TPSA) is 49.7 Å². The van der Waals surface area contributed by atoms with E-state index in [1.54, 1.807) is 0 Å². The Kier molecular flexibility index (Phi) is 4.42. The summed E-state index contributed by atoms with van der Waals surface area (Å²) in [6.07, 6.45) is 0. The Morgan fingerprint density at radius 3 is 2.38 bits per heavy atom. The first-order valence-corrected chi connectivity index (χ1v) is 3.31. The highest BCUT2D eigenvalue weighted by Gasteiger charge is 1.97. The first-order chi connectivity index (χ1) is 3.63. The summed E-state index contributed by atoms with van der Waals surface area (Å²) in [6.45, 7) is 3.24. The molecule has 5 heteroatoms. The lowest BCUT2D eigenvalue weighted by Crippen LogP contribution is -1.85. The second kappa shape index (κ2) is 4.24. The summed E-state index contributed by atoms with van der Waals surface area (Å²) >= 11 is 5.19. The Balaban J connectivity index is 3.05. The predicted octanol–water partition coefficient (Wildman–Crippen LogP) is 0.967. The fourth-order valence-corrected chi connectivity index (χ4v) is 0.530. The van der Waals surface area contributed by atoms with Crippen molar-refractivity contribution >= 4 is 20.2 Å². The van der Waals surface area contributed by atoms with Crippen LogP contribution in [0.2, 0.25) is 0 Å². The highest BCUT2D eigenvalue weighted by Crippen LogP contribution is 2.25. The largest absolute Gasteiger partial charge is 0.328 e. The maximum absolute atomic E-state index is 8.10. The van der Waals surface area contributed by atoms with Gasteiger partial charge in [0.05, 0.1) is 6.61 Å². The lowest BCUT2D eigenvalue weighted by molar-refractivity contribution is 0.280. The average Bonchev–Trinajstić information content (AvgIpc) is 1.61. The van der Waals surface area contributed by atoms with Crippen LogP contribution in [0.3, 0.4) is 0 Å². The lowest BCUT2D eigenvalue weighted by Gasteiger charge is -1.99. The third-order valence-electron chi connectivity index (χ3n) is 0.337. The highest BCUT2D eigenvalue weighted by atomic mass is 35.5. The summed E-state index contributed by atoms with van der Waals surface area (Å²) in [5, 5.41) is 0.251. The maximum Gasteiger partial charge on any atom is 0.327 e. The van der Waals surface area contributed by atoms with Crippen LogP contribution in [0.1, 0.15) is 0 Å². The summed E-state index contributed by atoms with van der Waals surface area (Å²) in [5.41, 5.74) is 0. The standard InChI is InChI=1S/C3H6ClO3P/c1-3(4)2-7-8(5)6/h5-6H,1-2H2. The van der Waals surface area contributed by atoms with Gasteiger partial charge in [-0.05, 0) is 0 Å². The van der Waals surface area contributed by atoms with Crippen molar-refractivity contribution in [2.45, 2.75) is 0 Å². The molecule has 0 bridgehead atoms. The molecule has 0 aromatic rings. The van der Waals surface area contributed by atoms with Gasteiger partial charge in [0.2, 0.25) is 0 Å². The van der Waals surface area contributed by atoms with E-state index in [9.17, 15) is 0 Å². The molecule has 0 heterocycles. The summed E-state index contributed by atoms with van der Waals surface area (Å²) in [6, 6.07) is 0. The van der Waals surface area contributed by atoms with E-state index in [4.69, 9.17) is 21.4 Å². The average molecular weight is 157 g/mol. The molecular formula is C3H6ClO3P. The third-order valence-corrected chi connectivity index (χ3v) is 0.806. The Hall–Kier alpha value is 0.340. The number of hydrogen-bond acceptors (Lipinski definition) is 3. The maximum atomic E-state index is 8.10. The van der Waals surface area contributed by atoms with Gasteiger partial charge in [-0.15, -0.1) is 0 Å². The second-order valence-corrected chi connectivity index (χ2v) is 2.34. The summed E-state index contributed by atoms with van der Waals surface area (Å²) in [7, 11) is -2.28. The molecule has 0 amide bonds. The zero-order valence-corrected chi connectivity index (χ0v) is 5.69. The molecule has 0 radical (unpaired) electrons. The molecular weight excluding hydrogens is 150 g/mol. The first kappa shape index (κ1) is 8.34. The molecule has 48 valence electrons. The Labute approximate surface area is 53.5 Å². The molecule has 0 saturated heterocycles. The molecule has 0 aliphatic heterocycles. The van der Waals surface area contributed by atoms with E-state index in [0.717, 1.165) is 0 Å². The van der Waals surface area contributed by atoms with Gasteiger partial charge in [-0.3, -0.25) is 0 Å². The van der Waals surface area contributed by atoms with Crippen molar-refractivity contribution in [3.63, 3.8) is 0 Å². The third kappa shape index (κ3) is 6.34. The van der Waals surface area contributed by atoms with E-state index >= 15 is 0 Å². The van der Waals surface area contributed by atoms with Crippen LogP contribution in [0.4, 0.5) is 0 Å². The minimum atomic E-state index is -2.28. The molecule has 0 unspecified atom stereocenters. The monoisotopic (exact) mass is 156 g/mol. The minimum Gasteiger partial charge on any atom is -0.328 e. The van der Waals surface area contributed by atoms with Crippen molar-refractivity contribution < 1.29 is 14.3 Å². The lowest BCUT2D eigenvalue weighted by atomic mass is 10.7. The van der Waals surface area contributed by atoms with Gasteiger partial charge in [-0.2, -0.15) is 0 Å². The van der Waals surface area contributed by atoms with E-state index in [1.165, 1.54) is 0 Å². The van der Waals surface area contributed by atoms with Crippen molar-refractivity contribution in [2.24, 2.45) is 0 Å². The normalized spacial score (nSPS) is 10.0. The number of rotatable bonds is 3. The van der Waals surface area contributed by atoms with Crippen molar-refractivity contribution in [2.75, 3.05) is 6.61 Å². The minimum absolute atomic E-state index is 0.0136. The van der Waals surface area contributed by atoms with Gasteiger partial charge >= 0.3 is 8.60 Å². The van der Waals surface area contributed by atoms with E-state index in [-0.39, 0.29) is 11.6 Å². The van der Waals surface area contributed by atoms with Gasteiger partial charge in [-0.1, -0.05) is 18.2 Å². The van der Waals surface area contributed by atoms with E-state index < -0.39 is 8.60 Å². The SMILES string of the molecule is C=C(Cl)COP(O)O. The van der Waals surface area contributed by atoms with Gasteiger partial charge in [-0.25, -0.2) is 0 Å². The molecule has 0 aliphatic rings. The van der Waals surface area contributed by atoms with Crippen LogP contribution < -0.4 is 0 Å². The van der Waals surface area contributed by atoms with Crippen LogP contribution in [0.15, 0.2) is 11.6 Å². The number of halogens is 1. The van der Waals surface area contributed by atoms with Crippen molar-refractivity contribution in [1.29, 1.82) is 0 Å². The summed E-state index contributed by atoms with van der Waals surface area (Å²) in [5.74, 6) is 0. The Morgan fingerprint density at radius 1 is 1.75 bits per heavy atom. The molecule has 0 saturated carbocycles. The molecule has 0 fully saturated rings. The molecule has 0 aromatic heterocycles. The van der Waals surface area contributed by atoms with Crippen LogP contribution in [0.25, 0.3) is 0 Å². The first-order valence-electron chi connectivity index (χ1n) is 1.77. The molecule has 2 N–H and O–H groups in total. The van der Waals surface area contributed by atoms with E-state index in [2.05, 4.69) is 11.1 Å². The highest BCUT2D eigenvalue weighted by molar-refractivity contribution is 7.39. The van der Waals surface area contributed by atoms with E-state index in [1.807, 2.05) is 0 Å². The van der Waals surface area contributed by atoms with Crippen molar-refractivity contribution in [3.8, 4) is 0 Å². The smallest absolute Gasteiger partial charge is 0.327 e. The fraction of sp³-hybridized carbons (Fsp3) is 0.333. The van der Waals surface area contributed by atoms with Crippen LogP contribution in [0, 0.1) is 0 Å². The van der Waals surface area contributed by atoms with Crippen LogP contribution in [-0.2, 0) is 4.52 Å². The zero-order valence-electron chi connectivity index (χ0n) is 4.04. The quantitative estimate of drug-likeness (QED) is 0.599. The Morgan fingerprint density at radius 2 is 2.25 bits per heavy atom. The fourth-order valence-electron chi connectivity index (χ4n) is 0.128. The van der Waals surface area contributed by atoms with Crippen LogP contribution in [-0.4, -0.2) is 16.4 Å². The molecule has 0 spiro atoms. The zero-order chi connectivity index (χ0) is 6.57. The van der Waals surface area contributed by atoms with Crippen molar-refractivity contribution in [1.82, 2.24) is 0 Å². The van der Waals surface area contributed by atoms with Gasteiger partial charge < -0.3 is 14.3 Å². The van der Waals surface area contributed by atoms with Gasteiger partial charge in [0, 0.05) is 5.03 Å². The molecule has 3 nitrogen and oxygen atoms in total. The molecule has 0 aliphatic carbocycles. The molecule has 0 aromatic carbocycles. The number of hydrogen-bond donors (Lipinski definition) is 2. The van der Waals surface area contributed by atoms with Gasteiger partial charge in [0.25, 0.3) is 0 Å². The molecule has 8 heavy (non-hydrogen) atoms. The van der Waals surface area contributed by atoms with Gasteiger partial charge in [0.1, 0.15) is 0 Å². The van der Waals surface area contributed by atoms with Crippen molar-refractivity contribution in [3.05, 3.63) is 11.6 Å². The van der Waals surface area contributed by atoms with E-state index in [0.29, 0.717) is 0 Å². The van der Waals surface area contributed by atoms with Crippen LogP contribution in [0.5, 0.6) is 0 Å². The summed E-state index contributed by atoms with van der Waals surface area (Å²) < 4.78 is 4.25. The van der Waals surface area contributed by atoms with Gasteiger partial charge in [0.15, 0.2) is 0 Å². The second-order valence-electron chi connectivity index (χ2n) is 1.04. The van der Waals surface area contributed by atoms with Crippen LogP contribution >= 0.6 is 20.2 Å². The molecule has 0 rings (SSSR count).